The molecular weight excluding hydrogens is 260 g/mol. The van der Waals surface area contributed by atoms with E-state index < -0.39 is 0 Å². The van der Waals surface area contributed by atoms with Gasteiger partial charge in [-0.15, -0.1) is 11.3 Å². The minimum Gasteiger partial charge on any atom is -0.342 e. The SMILES string of the molecule is CC1C(=O)NC(C2CC2)C(=O)N1CCc1cccs1. The normalized spacial score (nSPS) is 27.5. The second-order valence-corrected chi connectivity index (χ2v) is 6.39. The third-order valence-corrected chi connectivity index (χ3v) is 4.90. The summed E-state index contributed by atoms with van der Waals surface area (Å²) in [6.07, 6.45) is 2.95. The number of carbonyl (C=O) groups is 2. The monoisotopic (exact) mass is 278 g/mol. The first kappa shape index (κ1) is 12.7. The van der Waals surface area contributed by atoms with E-state index in [1.165, 1.54) is 4.88 Å². The first-order chi connectivity index (χ1) is 9.16. The summed E-state index contributed by atoms with van der Waals surface area (Å²) in [6.45, 7) is 2.45. The van der Waals surface area contributed by atoms with E-state index in [1.807, 2.05) is 18.4 Å². The molecule has 0 aromatic carbocycles. The van der Waals surface area contributed by atoms with Gasteiger partial charge in [-0.1, -0.05) is 6.07 Å². The molecule has 1 saturated heterocycles. The van der Waals surface area contributed by atoms with Gasteiger partial charge < -0.3 is 10.2 Å². The number of rotatable bonds is 4. The molecule has 2 atom stereocenters. The lowest BCUT2D eigenvalue weighted by molar-refractivity contribution is -0.149. The van der Waals surface area contributed by atoms with Gasteiger partial charge in [0.1, 0.15) is 12.1 Å². The standard InChI is InChI=1S/C14H18N2O2S/c1-9-13(17)15-12(10-4-5-10)14(18)16(9)7-6-11-3-2-8-19-11/h2-3,8-10,12H,4-7H2,1H3,(H,15,17). The van der Waals surface area contributed by atoms with Crippen LogP contribution in [0.5, 0.6) is 0 Å². The van der Waals surface area contributed by atoms with Crippen molar-refractivity contribution in [1.82, 2.24) is 10.2 Å². The van der Waals surface area contributed by atoms with Crippen molar-refractivity contribution in [2.45, 2.75) is 38.3 Å². The molecule has 1 aliphatic heterocycles. The van der Waals surface area contributed by atoms with Gasteiger partial charge in [-0.3, -0.25) is 9.59 Å². The van der Waals surface area contributed by atoms with E-state index in [-0.39, 0.29) is 23.9 Å². The third kappa shape index (κ3) is 2.52. The Hall–Kier alpha value is -1.36. The van der Waals surface area contributed by atoms with Crippen LogP contribution in [-0.2, 0) is 16.0 Å². The minimum atomic E-state index is -0.345. The van der Waals surface area contributed by atoms with E-state index in [0.29, 0.717) is 12.5 Å². The van der Waals surface area contributed by atoms with Crippen LogP contribution in [0.4, 0.5) is 0 Å². The number of carbonyl (C=O) groups excluding carboxylic acids is 2. The Balaban J connectivity index is 1.69. The number of hydrogen-bond acceptors (Lipinski definition) is 3. The Bertz CT molecular complexity index is 482. The van der Waals surface area contributed by atoms with Crippen LogP contribution in [0.25, 0.3) is 0 Å². The van der Waals surface area contributed by atoms with Crippen molar-refractivity contribution < 1.29 is 9.59 Å². The van der Waals surface area contributed by atoms with Crippen LogP contribution < -0.4 is 5.32 Å². The van der Waals surface area contributed by atoms with Crippen molar-refractivity contribution in [3.63, 3.8) is 0 Å². The number of nitrogens with one attached hydrogen (secondary N) is 1. The van der Waals surface area contributed by atoms with Gasteiger partial charge in [-0.2, -0.15) is 0 Å². The fraction of sp³-hybridized carbons (Fsp3) is 0.571. The zero-order chi connectivity index (χ0) is 13.4. The van der Waals surface area contributed by atoms with Crippen LogP contribution >= 0.6 is 11.3 Å². The molecule has 3 rings (SSSR count). The zero-order valence-corrected chi connectivity index (χ0v) is 11.8. The van der Waals surface area contributed by atoms with E-state index >= 15 is 0 Å². The molecule has 2 aliphatic rings. The van der Waals surface area contributed by atoms with Crippen LogP contribution in [-0.4, -0.2) is 35.3 Å². The molecule has 4 nitrogen and oxygen atoms in total. The summed E-state index contributed by atoms with van der Waals surface area (Å²) in [5.74, 6) is 0.460. The second kappa shape index (κ2) is 4.96. The highest BCUT2D eigenvalue weighted by molar-refractivity contribution is 7.09. The summed E-state index contributed by atoms with van der Waals surface area (Å²) >= 11 is 1.70. The molecule has 2 fully saturated rings. The number of piperazine rings is 1. The van der Waals surface area contributed by atoms with E-state index in [9.17, 15) is 9.59 Å². The van der Waals surface area contributed by atoms with Gasteiger partial charge in [-0.25, -0.2) is 0 Å². The topological polar surface area (TPSA) is 49.4 Å². The van der Waals surface area contributed by atoms with Crippen molar-refractivity contribution in [2.24, 2.45) is 5.92 Å². The highest BCUT2D eigenvalue weighted by Crippen LogP contribution is 2.35. The number of amides is 2. The summed E-state index contributed by atoms with van der Waals surface area (Å²) in [7, 11) is 0. The molecule has 1 N–H and O–H groups in total. The van der Waals surface area contributed by atoms with Crippen LogP contribution in [0.2, 0.25) is 0 Å². The van der Waals surface area contributed by atoms with Gasteiger partial charge in [0.2, 0.25) is 11.8 Å². The van der Waals surface area contributed by atoms with E-state index in [2.05, 4.69) is 11.4 Å². The predicted molar refractivity (Wildman–Crippen MR) is 73.9 cm³/mol. The molecule has 0 spiro atoms. The largest absolute Gasteiger partial charge is 0.342 e. The lowest BCUT2D eigenvalue weighted by atomic mass is 10.0. The molecule has 2 heterocycles. The van der Waals surface area contributed by atoms with Gasteiger partial charge in [0.15, 0.2) is 0 Å². The molecule has 102 valence electrons. The summed E-state index contributed by atoms with van der Waals surface area (Å²) in [6, 6.07) is 3.47. The summed E-state index contributed by atoms with van der Waals surface area (Å²) in [5.41, 5.74) is 0. The molecule has 0 radical (unpaired) electrons. The highest BCUT2D eigenvalue weighted by Gasteiger charge is 2.45. The van der Waals surface area contributed by atoms with Gasteiger partial charge in [0.25, 0.3) is 0 Å². The van der Waals surface area contributed by atoms with Crippen LogP contribution in [0.15, 0.2) is 17.5 Å². The van der Waals surface area contributed by atoms with E-state index in [4.69, 9.17) is 0 Å². The maximum Gasteiger partial charge on any atom is 0.246 e. The highest BCUT2D eigenvalue weighted by atomic mass is 32.1. The third-order valence-electron chi connectivity index (χ3n) is 3.97. The maximum absolute atomic E-state index is 12.4. The summed E-state index contributed by atoms with van der Waals surface area (Å²) in [5, 5.41) is 4.91. The Morgan fingerprint density at radius 1 is 1.42 bits per heavy atom. The van der Waals surface area contributed by atoms with Gasteiger partial charge in [0.05, 0.1) is 0 Å². The van der Waals surface area contributed by atoms with Crippen LogP contribution in [0.3, 0.4) is 0 Å². The Morgan fingerprint density at radius 3 is 2.84 bits per heavy atom. The molecule has 2 unspecified atom stereocenters. The van der Waals surface area contributed by atoms with Crippen LogP contribution in [0.1, 0.15) is 24.6 Å². The Labute approximate surface area is 116 Å². The molecule has 0 bridgehead atoms. The molecule has 1 aliphatic carbocycles. The van der Waals surface area contributed by atoms with Gasteiger partial charge in [-0.05, 0) is 43.6 Å². The average Bonchev–Trinajstić information content (AvgIpc) is 3.10. The first-order valence-corrected chi connectivity index (χ1v) is 7.68. The van der Waals surface area contributed by atoms with Gasteiger partial charge >= 0.3 is 0 Å². The van der Waals surface area contributed by atoms with Gasteiger partial charge in [0, 0.05) is 11.4 Å². The Morgan fingerprint density at radius 2 is 2.21 bits per heavy atom. The number of thiophene rings is 1. The van der Waals surface area contributed by atoms with Crippen molar-refractivity contribution in [2.75, 3.05) is 6.54 Å². The van der Waals surface area contributed by atoms with Crippen molar-refractivity contribution >= 4 is 23.2 Å². The summed E-state index contributed by atoms with van der Waals surface area (Å²) < 4.78 is 0. The molecular formula is C14H18N2O2S. The lowest BCUT2D eigenvalue weighted by Crippen LogP contribution is -2.63. The first-order valence-electron chi connectivity index (χ1n) is 6.80. The van der Waals surface area contributed by atoms with Crippen molar-refractivity contribution in [1.29, 1.82) is 0 Å². The number of hydrogen-bond donors (Lipinski definition) is 1. The maximum atomic E-state index is 12.4. The fourth-order valence-corrected chi connectivity index (χ4v) is 3.28. The molecule has 19 heavy (non-hydrogen) atoms. The second-order valence-electron chi connectivity index (χ2n) is 5.36. The average molecular weight is 278 g/mol. The quantitative estimate of drug-likeness (QED) is 0.905. The lowest BCUT2D eigenvalue weighted by Gasteiger charge is -2.37. The zero-order valence-electron chi connectivity index (χ0n) is 11.0. The minimum absolute atomic E-state index is 0.0114. The number of nitrogens with zero attached hydrogens (tertiary/aromatic N) is 1. The predicted octanol–water partition coefficient (Wildman–Crippen LogP) is 1.42. The Kier molecular flexibility index (Phi) is 3.31. The van der Waals surface area contributed by atoms with Crippen molar-refractivity contribution in [3.05, 3.63) is 22.4 Å². The smallest absolute Gasteiger partial charge is 0.246 e. The molecule has 2 amide bonds. The molecule has 1 aromatic rings. The fourth-order valence-electron chi connectivity index (χ4n) is 2.59. The molecule has 1 aromatic heterocycles. The van der Waals surface area contributed by atoms with Crippen molar-refractivity contribution in [3.8, 4) is 0 Å². The molecule has 1 saturated carbocycles. The van der Waals surface area contributed by atoms with Crippen LogP contribution in [0, 0.1) is 5.92 Å². The molecule has 5 heteroatoms. The van der Waals surface area contributed by atoms with E-state index in [1.54, 1.807) is 16.2 Å². The van der Waals surface area contributed by atoms with E-state index in [0.717, 1.165) is 19.3 Å². The summed E-state index contributed by atoms with van der Waals surface area (Å²) in [4.78, 5) is 27.4.